The zero-order valence-corrected chi connectivity index (χ0v) is 16.4. The van der Waals surface area contributed by atoms with E-state index < -0.39 is 39.7 Å². The van der Waals surface area contributed by atoms with Crippen molar-refractivity contribution in [3.05, 3.63) is 22.5 Å². The van der Waals surface area contributed by atoms with Crippen LogP contribution in [-0.2, 0) is 26.9 Å². The summed E-state index contributed by atoms with van der Waals surface area (Å²) in [5.74, 6) is 0.216. The fourth-order valence-electron chi connectivity index (χ4n) is 2.78. The molecule has 0 radical (unpaired) electrons. The summed E-state index contributed by atoms with van der Waals surface area (Å²) in [6, 6.07) is 1.31. The summed E-state index contributed by atoms with van der Waals surface area (Å²) in [6.07, 6.45) is -4.16. The van der Waals surface area contributed by atoms with Crippen molar-refractivity contribution in [2.24, 2.45) is 0 Å². The van der Waals surface area contributed by atoms with E-state index in [2.05, 4.69) is 9.71 Å². The van der Waals surface area contributed by atoms with Gasteiger partial charge < -0.3 is 9.47 Å². The Morgan fingerprint density at radius 3 is 2.42 bits per heavy atom. The first-order valence-corrected chi connectivity index (χ1v) is 9.64. The SMILES string of the molecule is CCC1(NS(=O)C(C)(C)C)COc2c1cc(C1(C(F)(F)F)CO1)nc2Cl. The van der Waals surface area contributed by atoms with Gasteiger partial charge in [0.1, 0.15) is 6.61 Å². The molecule has 0 amide bonds. The number of hydrogen-bond donors (Lipinski definition) is 1. The Balaban J connectivity index is 2.08. The fourth-order valence-corrected chi connectivity index (χ4v) is 4.01. The molecular formula is C16H20ClF3N2O3S. The lowest BCUT2D eigenvalue weighted by atomic mass is 9.89. The highest BCUT2D eigenvalue weighted by molar-refractivity contribution is 7.84. The number of nitrogens with zero attached hydrogens (tertiary/aromatic N) is 1. The van der Waals surface area contributed by atoms with Gasteiger partial charge in [0.2, 0.25) is 5.60 Å². The standard InChI is InChI=1S/C16H20ClF3N2O3S/c1-5-14(22-26(23)13(2,3)4)7-24-11-9(14)6-10(21-12(11)17)15(8-25-15)16(18,19)20/h6,22H,5,7-8H2,1-4H3. The maximum atomic E-state index is 13.4. The van der Waals surface area contributed by atoms with Crippen LogP contribution in [0.15, 0.2) is 6.07 Å². The molecule has 0 bridgehead atoms. The first-order chi connectivity index (χ1) is 11.9. The van der Waals surface area contributed by atoms with Crippen molar-refractivity contribution in [3.63, 3.8) is 0 Å². The third-order valence-corrected chi connectivity index (χ3v) is 6.61. The van der Waals surface area contributed by atoms with E-state index in [0.29, 0.717) is 12.0 Å². The van der Waals surface area contributed by atoms with Gasteiger partial charge in [-0.3, -0.25) is 0 Å². The Morgan fingerprint density at radius 1 is 1.35 bits per heavy atom. The van der Waals surface area contributed by atoms with E-state index in [9.17, 15) is 17.4 Å². The van der Waals surface area contributed by atoms with Crippen molar-refractivity contribution in [1.82, 2.24) is 9.71 Å². The van der Waals surface area contributed by atoms with Crippen LogP contribution in [0.4, 0.5) is 13.2 Å². The van der Waals surface area contributed by atoms with E-state index >= 15 is 0 Å². The highest BCUT2D eigenvalue weighted by Crippen LogP contribution is 2.53. The summed E-state index contributed by atoms with van der Waals surface area (Å²) in [7, 11) is -1.46. The molecule has 3 unspecified atom stereocenters. The summed E-state index contributed by atoms with van der Waals surface area (Å²) >= 11 is 6.11. The number of rotatable bonds is 4. The summed E-state index contributed by atoms with van der Waals surface area (Å²) in [5, 5.41) is -0.157. The molecule has 0 saturated carbocycles. The maximum Gasteiger partial charge on any atom is 0.425 e. The van der Waals surface area contributed by atoms with Gasteiger partial charge in [0.05, 0.1) is 33.6 Å². The van der Waals surface area contributed by atoms with Crippen LogP contribution in [0.5, 0.6) is 5.75 Å². The van der Waals surface area contributed by atoms with Crippen molar-refractivity contribution < 1.29 is 26.9 Å². The lowest BCUT2D eigenvalue weighted by Gasteiger charge is -2.31. The Hall–Kier alpha value is -0.900. The third-order valence-electron chi connectivity index (χ3n) is 4.66. The second kappa shape index (κ2) is 6.05. The van der Waals surface area contributed by atoms with Crippen LogP contribution in [0.25, 0.3) is 0 Å². The summed E-state index contributed by atoms with van der Waals surface area (Å²) < 4.78 is 65.7. The second-order valence-electron chi connectivity index (χ2n) is 7.50. The summed E-state index contributed by atoms with van der Waals surface area (Å²) in [5.41, 5.74) is -3.24. The molecule has 1 N–H and O–H groups in total. The fraction of sp³-hybridized carbons (Fsp3) is 0.688. The van der Waals surface area contributed by atoms with Crippen LogP contribution >= 0.6 is 11.6 Å². The van der Waals surface area contributed by atoms with E-state index in [1.54, 1.807) is 20.8 Å². The van der Waals surface area contributed by atoms with E-state index in [4.69, 9.17) is 21.1 Å². The highest BCUT2D eigenvalue weighted by Gasteiger charge is 2.68. The van der Waals surface area contributed by atoms with Gasteiger partial charge in [-0.2, -0.15) is 13.2 Å². The van der Waals surface area contributed by atoms with Gasteiger partial charge in [-0.05, 0) is 33.3 Å². The van der Waals surface area contributed by atoms with Gasteiger partial charge in [0, 0.05) is 5.56 Å². The van der Waals surface area contributed by atoms with Crippen LogP contribution in [0, 0.1) is 0 Å². The first-order valence-electron chi connectivity index (χ1n) is 8.11. The van der Waals surface area contributed by atoms with Crippen molar-refractivity contribution in [3.8, 4) is 5.75 Å². The van der Waals surface area contributed by atoms with Gasteiger partial charge in [-0.25, -0.2) is 13.9 Å². The van der Waals surface area contributed by atoms with Crippen molar-refractivity contribution in [2.45, 2.75) is 56.2 Å². The van der Waals surface area contributed by atoms with Crippen molar-refractivity contribution in [1.29, 1.82) is 0 Å². The Morgan fingerprint density at radius 2 is 1.96 bits per heavy atom. The highest BCUT2D eigenvalue weighted by atomic mass is 35.5. The molecule has 1 fully saturated rings. The molecule has 10 heteroatoms. The number of nitrogens with one attached hydrogen (secondary N) is 1. The normalized spacial score (nSPS) is 29.2. The lowest BCUT2D eigenvalue weighted by Crippen LogP contribution is -2.49. The van der Waals surface area contributed by atoms with Gasteiger partial charge in [0.25, 0.3) is 0 Å². The van der Waals surface area contributed by atoms with E-state index in [0.717, 1.165) is 0 Å². The molecule has 0 aromatic carbocycles. The number of pyridine rings is 1. The van der Waals surface area contributed by atoms with Gasteiger partial charge >= 0.3 is 6.18 Å². The van der Waals surface area contributed by atoms with Crippen LogP contribution in [-0.4, -0.2) is 33.3 Å². The van der Waals surface area contributed by atoms with Crippen molar-refractivity contribution in [2.75, 3.05) is 13.2 Å². The smallest absolute Gasteiger partial charge is 0.425 e. The molecule has 3 rings (SSSR count). The molecule has 1 saturated heterocycles. The zero-order valence-electron chi connectivity index (χ0n) is 14.8. The van der Waals surface area contributed by atoms with Gasteiger partial charge in [-0.1, -0.05) is 18.5 Å². The molecule has 146 valence electrons. The van der Waals surface area contributed by atoms with Crippen LogP contribution in [0.3, 0.4) is 0 Å². The number of ether oxygens (including phenoxy) is 2. The minimum Gasteiger partial charge on any atom is -0.488 e. The maximum absolute atomic E-state index is 13.4. The number of alkyl halides is 3. The number of hydrogen-bond acceptors (Lipinski definition) is 4. The number of epoxide rings is 1. The lowest BCUT2D eigenvalue weighted by molar-refractivity contribution is -0.188. The van der Waals surface area contributed by atoms with Gasteiger partial charge in [-0.15, -0.1) is 0 Å². The average Bonchev–Trinajstić information content (AvgIpc) is 3.26. The van der Waals surface area contributed by atoms with E-state index in [1.165, 1.54) is 6.07 Å². The van der Waals surface area contributed by atoms with Crippen LogP contribution in [0.2, 0.25) is 5.15 Å². The average molecular weight is 413 g/mol. The largest absolute Gasteiger partial charge is 0.488 e. The second-order valence-corrected chi connectivity index (χ2v) is 9.82. The molecule has 26 heavy (non-hydrogen) atoms. The molecule has 5 nitrogen and oxygen atoms in total. The van der Waals surface area contributed by atoms with Gasteiger partial charge in [0.15, 0.2) is 10.9 Å². The molecule has 1 aromatic rings. The predicted molar refractivity (Wildman–Crippen MR) is 91.4 cm³/mol. The first kappa shape index (κ1) is 19.9. The molecule has 2 aliphatic heterocycles. The van der Waals surface area contributed by atoms with E-state index in [1.807, 2.05) is 6.92 Å². The zero-order chi connectivity index (χ0) is 19.5. The Labute approximate surface area is 157 Å². The van der Waals surface area contributed by atoms with Crippen LogP contribution < -0.4 is 9.46 Å². The monoisotopic (exact) mass is 412 g/mol. The van der Waals surface area contributed by atoms with Crippen LogP contribution in [0.1, 0.15) is 45.4 Å². The minimum atomic E-state index is -4.60. The quantitative estimate of drug-likeness (QED) is 0.606. The summed E-state index contributed by atoms with van der Waals surface area (Å²) in [4.78, 5) is 3.86. The van der Waals surface area contributed by atoms with Crippen molar-refractivity contribution >= 4 is 22.6 Å². The predicted octanol–water partition coefficient (Wildman–Crippen LogP) is 3.57. The molecule has 0 spiro atoms. The Kier molecular flexibility index (Phi) is 4.62. The molecule has 2 aliphatic rings. The molecule has 0 aliphatic carbocycles. The van der Waals surface area contributed by atoms with E-state index in [-0.39, 0.29) is 23.2 Å². The summed E-state index contributed by atoms with van der Waals surface area (Å²) in [6.45, 7) is 6.85. The minimum absolute atomic E-state index is 0.103. The molecule has 1 aromatic heterocycles. The molecule has 3 heterocycles. The number of fused-ring (bicyclic) bond motifs is 1. The topological polar surface area (TPSA) is 63.8 Å². The number of halogens is 4. The Bertz CT molecular complexity index is 762. The molecular weight excluding hydrogens is 393 g/mol. The number of aromatic nitrogens is 1. The molecule has 3 atom stereocenters. The third kappa shape index (κ3) is 3.02.